The van der Waals surface area contributed by atoms with E-state index in [1.54, 1.807) is 12.1 Å². The molecule has 1 amide bonds. The van der Waals surface area contributed by atoms with E-state index in [0.717, 1.165) is 5.56 Å². The van der Waals surface area contributed by atoms with E-state index in [9.17, 15) is 4.79 Å². The summed E-state index contributed by atoms with van der Waals surface area (Å²) in [6.45, 7) is 4.66. The number of hydrogen-bond donors (Lipinski definition) is 2. The van der Waals surface area contributed by atoms with Crippen LogP contribution in [0.4, 0.5) is 11.4 Å². The standard InChI is InChI=1S/C18H21N3O3/c1-3-23-16-12-15(21-19)17(24-4-2)11-14(16)20-18(22)10-13-8-6-5-7-9-13/h5-9,11-12,19H,3-4,10H2,1-2H3,(H,20,22)/p+1. The van der Waals surface area contributed by atoms with E-state index in [0.29, 0.717) is 36.1 Å². The molecule has 0 aliphatic carbocycles. The highest BCUT2D eigenvalue weighted by Crippen LogP contribution is 2.38. The summed E-state index contributed by atoms with van der Waals surface area (Å²) in [6, 6.07) is 12.9. The highest BCUT2D eigenvalue weighted by molar-refractivity contribution is 5.94. The highest BCUT2D eigenvalue weighted by atomic mass is 16.5. The van der Waals surface area contributed by atoms with Gasteiger partial charge in [0.05, 0.1) is 25.3 Å². The second kappa shape index (κ2) is 8.67. The molecular formula is C18H22N3O3+. The maximum atomic E-state index is 12.3. The molecule has 2 aromatic rings. The molecule has 126 valence electrons. The maximum absolute atomic E-state index is 12.3. The Balaban J connectivity index is 2.24. The van der Waals surface area contributed by atoms with Crippen molar-refractivity contribution in [3.05, 3.63) is 48.0 Å². The minimum absolute atomic E-state index is 0.137. The third-order valence-corrected chi connectivity index (χ3v) is 3.28. The van der Waals surface area contributed by atoms with Gasteiger partial charge in [0, 0.05) is 12.1 Å². The molecule has 2 rings (SSSR count). The monoisotopic (exact) mass is 328 g/mol. The summed E-state index contributed by atoms with van der Waals surface area (Å²) in [5.41, 5.74) is 7.35. The molecule has 0 bridgehead atoms. The van der Waals surface area contributed by atoms with Crippen LogP contribution in [0.15, 0.2) is 47.6 Å². The highest BCUT2D eigenvalue weighted by Gasteiger charge is 2.15. The van der Waals surface area contributed by atoms with Crippen molar-refractivity contribution in [1.29, 1.82) is 0 Å². The Labute approximate surface area is 141 Å². The van der Waals surface area contributed by atoms with Gasteiger partial charge in [0.1, 0.15) is 5.75 Å². The number of hydrogen-bond acceptors (Lipinski definition) is 4. The Bertz CT molecular complexity index is 702. The minimum atomic E-state index is -0.137. The van der Waals surface area contributed by atoms with Crippen LogP contribution in [0.5, 0.6) is 11.5 Å². The summed E-state index contributed by atoms with van der Waals surface area (Å²) in [7, 11) is 0. The first-order valence-electron chi connectivity index (χ1n) is 7.86. The van der Waals surface area contributed by atoms with E-state index < -0.39 is 0 Å². The molecule has 0 fully saturated rings. The Morgan fingerprint density at radius 2 is 1.75 bits per heavy atom. The van der Waals surface area contributed by atoms with Crippen molar-refractivity contribution >= 4 is 17.3 Å². The van der Waals surface area contributed by atoms with Gasteiger partial charge in [-0.25, -0.2) is 0 Å². The lowest BCUT2D eigenvalue weighted by molar-refractivity contribution is -0.210. The molecule has 0 unspecified atom stereocenters. The number of carbonyl (C=O) groups is 1. The lowest BCUT2D eigenvalue weighted by atomic mass is 10.1. The molecule has 3 N–H and O–H groups in total. The van der Waals surface area contributed by atoms with Gasteiger partial charge in [-0.1, -0.05) is 30.3 Å². The van der Waals surface area contributed by atoms with Gasteiger partial charge in [0.25, 0.3) is 0 Å². The predicted molar refractivity (Wildman–Crippen MR) is 91.6 cm³/mol. The van der Waals surface area contributed by atoms with Gasteiger partial charge in [-0.15, -0.1) is 0 Å². The molecule has 0 spiro atoms. The van der Waals surface area contributed by atoms with Crippen molar-refractivity contribution in [1.82, 2.24) is 0 Å². The van der Waals surface area contributed by atoms with E-state index in [2.05, 4.69) is 10.4 Å². The zero-order chi connectivity index (χ0) is 17.4. The number of amides is 1. The van der Waals surface area contributed by atoms with Crippen molar-refractivity contribution in [2.75, 3.05) is 18.5 Å². The Morgan fingerprint density at radius 3 is 2.38 bits per heavy atom. The number of rotatable bonds is 8. The molecule has 0 atom stereocenters. The first-order valence-corrected chi connectivity index (χ1v) is 7.86. The van der Waals surface area contributed by atoms with Crippen LogP contribution in [0.2, 0.25) is 0 Å². The van der Waals surface area contributed by atoms with Gasteiger partial charge < -0.3 is 14.8 Å². The molecule has 0 aliphatic heterocycles. The molecule has 2 aromatic carbocycles. The van der Waals surface area contributed by atoms with E-state index in [1.807, 2.05) is 44.2 Å². The second-order valence-corrected chi connectivity index (χ2v) is 5.02. The molecule has 6 heteroatoms. The largest absolute Gasteiger partial charge is 0.492 e. The molecule has 0 radical (unpaired) electrons. The molecule has 6 nitrogen and oxygen atoms in total. The lowest BCUT2D eigenvalue weighted by Gasteiger charge is -2.14. The minimum Gasteiger partial charge on any atom is -0.492 e. The molecule has 0 saturated carbocycles. The fourth-order valence-electron chi connectivity index (χ4n) is 2.27. The van der Waals surface area contributed by atoms with Crippen LogP contribution in [0.1, 0.15) is 19.4 Å². The molecule has 0 saturated heterocycles. The number of ether oxygens (including phenoxy) is 2. The summed E-state index contributed by atoms with van der Waals surface area (Å²) in [5, 5.41) is 6.57. The Morgan fingerprint density at radius 1 is 1.08 bits per heavy atom. The summed E-state index contributed by atoms with van der Waals surface area (Å²) in [4.78, 5) is 12.3. The van der Waals surface area contributed by atoms with Gasteiger partial charge in [-0.05, 0) is 24.5 Å². The Hall–Kier alpha value is -2.89. The number of nitrogens with two attached hydrogens (primary N) is 1. The van der Waals surface area contributed by atoms with E-state index >= 15 is 0 Å². The van der Waals surface area contributed by atoms with Crippen molar-refractivity contribution in [3.8, 4) is 11.5 Å². The average molecular weight is 328 g/mol. The zero-order valence-corrected chi connectivity index (χ0v) is 13.9. The van der Waals surface area contributed by atoms with Crippen molar-refractivity contribution in [2.45, 2.75) is 20.3 Å². The van der Waals surface area contributed by atoms with Crippen LogP contribution in [0.25, 0.3) is 0 Å². The van der Waals surface area contributed by atoms with Gasteiger partial charge in [0.2, 0.25) is 5.91 Å². The van der Waals surface area contributed by atoms with Gasteiger partial charge >= 0.3 is 0 Å². The van der Waals surface area contributed by atoms with Crippen LogP contribution < -0.4 is 20.3 Å². The third kappa shape index (κ3) is 4.55. The number of benzene rings is 2. The predicted octanol–water partition coefficient (Wildman–Crippen LogP) is 2.51. The van der Waals surface area contributed by atoms with Gasteiger partial charge in [-0.3, -0.25) is 4.79 Å². The molecule has 24 heavy (non-hydrogen) atoms. The van der Waals surface area contributed by atoms with Crippen molar-refractivity contribution < 1.29 is 19.8 Å². The quantitative estimate of drug-likeness (QED) is 0.730. The Kier molecular flexibility index (Phi) is 6.31. The van der Waals surface area contributed by atoms with E-state index in [-0.39, 0.29) is 12.3 Å². The van der Waals surface area contributed by atoms with Crippen LogP contribution in [-0.2, 0) is 11.2 Å². The van der Waals surface area contributed by atoms with Gasteiger partial charge in [-0.2, -0.15) is 5.53 Å². The van der Waals surface area contributed by atoms with E-state index in [1.165, 1.54) is 0 Å². The first-order chi connectivity index (χ1) is 11.7. The third-order valence-electron chi connectivity index (χ3n) is 3.28. The summed E-state index contributed by atoms with van der Waals surface area (Å²) in [5.74, 6) is 0.868. The average Bonchev–Trinajstić information content (AvgIpc) is 2.58. The van der Waals surface area contributed by atoms with Crippen molar-refractivity contribution in [2.24, 2.45) is 5.11 Å². The second-order valence-electron chi connectivity index (χ2n) is 5.02. The molecular weight excluding hydrogens is 306 g/mol. The summed E-state index contributed by atoms with van der Waals surface area (Å²) in [6.07, 6.45) is 0.277. The SMILES string of the molecule is CCOc1cc(NC(=O)Cc2ccccc2)c(OCC)cc1N=[NH2+]. The molecule has 0 aromatic heterocycles. The topological polar surface area (TPSA) is 85.5 Å². The van der Waals surface area contributed by atoms with E-state index in [4.69, 9.17) is 15.0 Å². The number of nitrogens with zero attached hydrogens (tertiary/aromatic N) is 1. The maximum Gasteiger partial charge on any atom is 0.228 e. The number of nitrogens with one attached hydrogen (secondary N) is 1. The number of anilines is 1. The zero-order valence-electron chi connectivity index (χ0n) is 13.9. The van der Waals surface area contributed by atoms with Crippen LogP contribution in [-0.4, -0.2) is 19.1 Å². The smallest absolute Gasteiger partial charge is 0.228 e. The molecule has 0 aliphatic rings. The van der Waals surface area contributed by atoms with Crippen molar-refractivity contribution in [3.63, 3.8) is 0 Å². The summed E-state index contributed by atoms with van der Waals surface area (Å²) >= 11 is 0. The fraction of sp³-hybridized carbons (Fsp3) is 0.278. The normalized spacial score (nSPS) is 10.1. The molecule has 0 heterocycles. The van der Waals surface area contributed by atoms with Crippen LogP contribution >= 0.6 is 0 Å². The fourth-order valence-corrected chi connectivity index (χ4v) is 2.27. The number of carbonyl (C=O) groups excluding carboxylic acids is 1. The van der Waals surface area contributed by atoms with Crippen LogP contribution in [0.3, 0.4) is 0 Å². The first kappa shape index (κ1) is 17.5. The lowest BCUT2D eigenvalue weighted by Crippen LogP contribution is -2.22. The van der Waals surface area contributed by atoms with Gasteiger partial charge in [0.15, 0.2) is 11.4 Å². The van der Waals surface area contributed by atoms with Crippen LogP contribution in [0, 0.1) is 0 Å². The summed E-state index contributed by atoms with van der Waals surface area (Å²) < 4.78 is 11.1.